The fraction of sp³-hybridized carbons (Fsp3) is 0.450. The Labute approximate surface area is 343 Å². The number of fused-ring (bicyclic) bond motifs is 2. The van der Waals surface area contributed by atoms with Crippen LogP contribution in [0.4, 0.5) is 11.9 Å². The predicted octanol–water partition coefficient (Wildman–Crippen LogP) is 7.99. The number of anilines is 2. The maximum Gasteiger partial charge on any atom is 0.499 e. The topological polar surface area (TPSA) is 160 Å². The van der Waals surface area contributed by atoms with Crippen LogP contribution in [-0.2, 0) is 0 Å². The van der Waals surface area contributed by atoms with Crippen molar-refractivity contribution in [1.29, 1.82) is 0 Å². The number of nitrogens with zero attached hydrogens (tertiary/aromatic N) is 6. The second-order valence-electron chi connectivity index (χ2n) is 14.2. The molecule has 0 unspecified atom stereocenters. The molecule has 0 saturated heterocycles. The summed E-state index contributed by atoms with van der Waals surface area (Å²) in [6.07, 6.45) is 11.4. The molecular weight excluding hydrogens is 811 g/mol. The number of aryl methyl sites for hydroxylation is 2. The Morgan fingerprint density at radius 1 is 0.732 bits per heavy atom. The summed E-state index contributed by atoms with van der Waals surface area (Å²) >= 11 is 6.35. The summed E-state index contributed by atoms with van der Waals surface area (Å²) in [5.41, 5.74) is 4.18. The number of rotatable bonds is 8. The lowest BCUT2D eigenvalue weighted by molar-refractivity contribution is 0.352. The lowest BCUT2D eigenvalue weighted by Gasteiger charge is -2.26. The van der Waals surface area contributed by atoms with Crippen LogP contribution in [0.25, 0.3) is 32.5 Å². The Kier molecular flexibility index (Phi) is 14.5. The van der Waals surface area contributed by atoms with Crippen molar-refractivity contribution in [1.82, 2.24) is 29.1 Å². The van der Waals surface area contributed by atoms with Gasteiger partial charge in [-0.05, 0) is 98.3 Å². The second-order valence-corrected chi connectivity index (χ2v) is 16.9. The van der Waals surface area contributed by atoms with Crippen molar-refractivity contribution < 1.29 is 10.0 Å². The molecule has 4 N–H and O–H groups in total. The van der Waals surface area contributed by atoms with Crippen LogP contribution < -0.4 is 26.5 Å². The van der Waals surface area contributed by atoms with Crippen LogP contribution in [0.5, 0.6) is 0 Å². The zero-order chi connectivity index (χ0) is 39.8. The third-order valence-corrected chi connectivity index (χ3v) is 12.6. The highest BCUT2D eigenvalue weighted by Crippen LogP contribution is 2.33. The summed E-state index contributed by atoms with van der Waals surface area (Å²) in [5.74, 6) is 1.20. The number of hydrogen-bond acceptors (Lipinski definition) is 12. The average molecular weight is 862 g/mol. The predicted molar refractivity (Wildman–Crippen MR) is 235 cm³/mol. The monoisotopic (exact) mass is 860 g/mol. The first kappa shape index (κ1) is 41.7. The Hall–Kier alpha value is -3.96. The molecule has 0 atom stereocenters. The van der Waals surface area contributed by atoms with Crippen LogP contribution in [0.15, 0.2) is 61.2 Å². The maximum absolute atomic E-state index is 13.4. The van der Waals surface area contributed by atoms with E-state index in [1.807, 2.05) is 66.5 Å². The molecule has 6 aromatic heterocycles. The van der Waals surface area contributed by atoms with E-state index in [1.54, 1.807) is 28.8 Å². The molecule has 0 aliphatic heterocycles. The minimum atomic E-state index is -1.30. The molecule has 0 radical (unpaired) electrons. The number of nitrogens with one attached hydrogen (secondary N) is 2. The fourth-order valence-corrected chi connectivity index (χ4v) is 9.29. The van der Waals surface area contributed by atoms with E-state index in [0.717, 1.165) is 82.7 Å². The quantitative estimate of drug-likeness (QED) is 0.111. The Balaban J connectivity index is 0.000000160. The van der Waals surface area contributed by atoms with Gasteiger partial charge in [0.1, 0.15) is 11.3 Å². The molecule has 2 saturated carbocycles. The summed E-state index contributed by atoms with van der Waals surface area (Å²) < 4.78 is 5.02. The summed E-state index contributed by atoms with van der Waals surface area (Å²) in [6, 6.07) is 11.8. The largest absolute Gasteiger partial charge is 0.499 e. The minimum absolute atomic E-state index is 0.0138. The fourth-order valence-electron chi connectivity index (χ4n) is 7.55. The van der Waals surface area contributed by atoms with E-state index in [4.69, 9.17) is 15.0 Å². The minimum Gasteiger partial charge on any atom is -0.423 e. The highest BCUT2D eigenvalue weighted by Gasteiger charge is 2.24. The van der Waals surface area contributed by atoms with Crippen LogP contribution in [-0.4, -0.2) is 59.3 Å². The first-order valence-corrected chi connectivity index (χ1v) is 22.1. The molecule has 0 bridgehead atoms. The molecule has 296 valence electrons. The molecule has 16 heteroatoms. The molecular formula is C40H50BBrN8O4S2. The molecule has 2 aliphatic rings. The van der Waals surface area contributed by atoms with Crippen molar-refractivity contribution in [2.75, 3.05) is 23.7 Å². The highest BCUT2D eigenvalue weighted by molar-refractivity contribution is 9.10. The second kappa shape index (κ2) is 19.5. The van der Waals surface area contributed by atoms with Gasteiger partial charge in [0, 0.05) is 45.6 Å². The molecule has 0 spiro atoms. The van der Waals surface area contributed by atoms with Crippen LogP contribution in [0.3, 0.4) is 0 Å². The van der Waals surface area contributed by atoms with Gasteiger partial charge in [-0.1, -0.05) is 56.7 Å². The molecule has 6 heterocycles. The van der Waals surface area contributed by atoms with E-state index in [2.05, 4.69) is 41.5 Å². The lowest BCUT2D eigenvalue weighted by atomic mass is 9.90. The molecule has 0 aromatic carbocycles. The van der Waals surface area contributed by atoms with E-state index >= 15 is 0 Å². The standard InChI is InChI=1S/C20H24N4OS.C16H21BrN4O.C4H5BO2S/c1-3-21-20-22-13(2)15-12-16(17-10-7-11-26-17)19(25)24(18(15)23-20)14-8-5-4-6-9-14;1-3-18-16-19-10(2)12-9-13(17)15(22)21(14(12)20-16)11-7-5-4-6-8-11;6-5(7)4-2-1-3-8-4/h7,10-12,14H,3-6,8-9H2,1-2H3,(H,21,22,23);9,11H,3-8H2,1-2H3,(H,18,19,20);1-3,6-7H. The average Bonchev–Trinajstić information content (AvgIpc) is 3.94. The van der Waals surface area contributed by atoms with Gasteiger partial charge in [-0.2, -0.15) is 21.3 Å². The van der Waals surface area contributed by atoms with Gasteiger partial charge in [0.25, 0.3) is 11.1 Å². The van der Waals surface area contributed by atoms with Crippen molar-refractivity contribution in [3.05, 3.63) is 83.7 Å². The Bertz CT molecular complexity index is 2340. The number of pyridine rings is 2. The van der Waals surface area contributed by atoms with Crippen molar-refractivity contribution in [2.45, 2.75) is 104 Å². The third-order valence-electron chi connectivity index (χ3n) is 10.3. The summed E-state index contributed by atoms with van der Waals surface area (Å²) in [4.78, 5) is 45.6. The number of aromatic nitrogens is 6. The lowest BCUT2D eigenvalue weighted by Crippen LogP contribution is -2.28. The Morgan fingerprint density at radius 3 is 1.68 bits per heavy atom. The van der Waals surface area contributed by atoms with Crippen LogP contribution in [0, 0.1) is 13.8 Å². The zero-order valence-corrected chi connectivity index (χ0v) is 35.6. The maximum atomic E-state index is 13.4. The van der Waals surface area contributed by atoms with Crippen molar-refractivity contribution >= 4 is 84.5 Å². The molecule has 12 nitrogen and oxygen atoms in total. The SMILES string of the molecule is CCNc1nc(C)c2cc(-c3cccs3)c(=O)n(C3CCCCC3)c2n1.CCNc1nc(C)c2cc(Br)c(=O)n(C3CCCCC3)c2n1.OB(O)c1cccs1. The number of thiophene rings is 2. The number of halogens is 1. The van der Waals surface area contributed by atoms with Gasteiger partial charge in [0.2, 0.25) is 11.9 Å². The number of hydrogen-bond donors (Lipinski definition) is 4. The van der Waals surface area contributed by atoms with Crippen LogP contribution in [0.2, 0.25) is 0 Å². The van der Waals surface area contributed by atoms with Gasteiger partial charge >= 0.3 is 7.12 Å². The molecule has 2 fully saturated rings. The van der Waals surface area contributed by atoms with Crippen molar-refractivity contribution in [3.63, 3.8) is 0 Å². The summed E-state index contributed by atoms with van der Waals surface area (Å²) in [5, 5.41) is 29.0. The van der Waals surface area contributed by atoms with Crippen LogP contribution in [0.1, 0.15) is 102 Å². The van der Waals surface area contributed by atoms with E-state index in [1.165, 1.54) is 49.9 Å². The zero-order valence-electron chi connectivity index (χ0n) is 32.4. The first-order valence-electron chi connectivity index (χ1n) is 19.6. The Morgan fingerprint density at radius 2 is 1.23 bits per heavy atom. The molecule has 6 aromatic rings. The van der Waals surface area contributed by atoms with Gasteiger partial charge in [-0.25, -0.2) is 9.97 Å². The van der Waals surface area contributed by atoms with Gasteiger partial charge in [-0.3, -0.25) is 18.7 Å². The van der Waals surface area contributed by atoms with E-state index < -0.39 is 7.12 Å². The van der Waals surface area contributed by atoms with Gasteiger partial charge in [0.05, 0.1) is 21.4 Å². The molecule has 8 rings (SSSR count). The molecule has 2 aliphatic carbocycles. The third kappa shape index (κ3) is 9.59. The van der Waals surface area contributed by atoms with E-state index in [9.17, 15) is 9.59 Å². The van der Waals surface area contributed by atoms with Gasteiger partial charge < -0.3 is 20.7 Å². The highest BCUT2D eigenvalue weighted by atomic mass is 79.9. The van der Waals surface area contributed by atoms with Crippen molar-refractivity contribution in [2.24, 2.45) is 0 Å². The van der Waals surface area contributed by atoms with Crippen LogP contribution >= 0.6 is 38.6 Å². The summed E-state index contributed by atoms with van der Waals surface area (Å²) in [7, 11) is -1.30. The molecule has 0 amide bonds. The normalized spacial score (nSPS) is 14.8. The van der Waals surface area contributed by atoms with E-state index in [-0.39, 0.29) is 23.2 Å². The smallest absolute Gasteiger partial charge is 0.423 e. The van der Waals surface area contributed by atoms with Gasteiger partial charge in [0.15, 0.2) is 0 Å². The molecule has 56 heavy (non-hydrogen) atoms. The first-order chi connectivity index (χ1) is 27.1. The van der Waals surface area contributed by atoms with Gasteiger partial charge in [-0.15, -0.1) is 11.3 Å². The van der Waals surface area contributed by atoms with E-state index in [0.29, 0.717) is 21.1 Å². The van der Waals surface area contributed by atoms with Crippen molar-refractivity contribution in [3.8, 4) is 10.4 Å². The summed E-state index contributed by atoms with van der Waals surface area (Å²) in [6.45, 7) is 9.52.